The fourth-order valence-electron chi connectivity index (χ4n) is 1.92. The molecule has 0 aliphatic heterocycles. The average Bonchev–Trinajstić information content (AvgIpc) is 2.55. The molecular weight excluding hydrogens is 326 g/mol. The zero-order valence-corrected chi connectivity index (χ0v) is 14.7. The molecule has 1 N–H and O–H groups in total. The minimum Gasteiger partial charge on any atom is -0.386 e. The molecule has 0 atom stereocenters. The Bertz CT molecular complexity index is 728. The van der Waals surface area contributed by atoms with E-state index < -0.39 is 0 Å². The van der Waals surface area contributed by atoms with Crippen LogP contribution in [0.1, 0.15) is 11.1 Å². The number of aryl methyl sites for hydroxylation is 1. The molecule has 0 bridgehead atoms. The lowest BCUT2D eigenvalue weighted by Crippen LogP contribution is -2.17. The molecular formula is C18H20ClN3O2. The van der Waals surface area contributed by atoms with E-state index in [9.17, 15) is 4.79 Å². The van der Waals surface area contributed by atoms with Crippen LogP contribution >= 0.6 is 11.6 Å². The maximum Gasteiger partial charge on any atom is 0.265 e. The van der Waals surface area contributed by atoms with Crippen LogP contribution in [0.3, 0.4) is 0 Å². The van der Waals surface area contributed by atoms with Gasteiger partial charge in [-0.2, -0.15) is 0 Å². The highest BCUT2D eigenvalue weighted by Gasteiger charge is 2.04. The van der Waals surface area contributed by atoms with Gasteiger partial charge in [-0.15, -0.1) is 0 Å². The fourth-order valence-corrected chi connectivity index (χ4v) is 2.10. The summed E-state index contributed by atoms with van der Waals surface area (Å²) in [5, 5.41) is 7.11. The van der Waals surface area contributed by atoms with Crippen molar-refractivity contribution >= 4 is 35.1 Å². The Kier molecular flexibility index (Phi) is 6.21. The van der Waals surface area contributed by atoms with Crippen LogP contribution in [0.4, 0.5) is 11.4 Å². The number of rotatable bonds is 6. The first-order valence-corrected chi connectivity index (χ1v) is 7.82. The first-order chi connectivity index (χ1) is 11.5. The third-order valence-electron chi connectivity index (χ3n) is 3.34. The van der Waals surface area contributed by atoms with Crippen LogP contribution in [0, 0.1) is 6.92 Å². The highest BCUT2D eigenvalue weighted by atomic mass is 35.5. The summed E-state index contributed by atoms with van der Waals surface area (Å²) in [5.74, 6) is -0.296. The molecule has 0 saturated heterocycles. The Balaban J connectivity index is 1.80. The van der Waals surface area contributed by atoms with Gasteiger partial charge in [0.15, 0.2) is 6.61 Å². The number of hydrogen-bond acceptors (Lipinski definition) is 4. The van der Waals surface area contributed by atoms with Crippen LogP contribution in [0.5, 0.6) is 0 Å². The van der Waals surface area contributed by atoms with E-state index in [1.807, 2.05) is 56.3 Å². The Morgan fingerprint density at radius 1 is 1.25 bits per heavy atom. The Morgan fingerprint density at radius 3 is 2.58 bits per heavy atom. The molecule has 5 nitrogen and oxygen atoms in total. The zero-order valence-electron chi connectivity index (χ0n) is 13.9. The third kappa shape index (κ3) is 5.28. The number of anilines is 2. The number of nitrogens with zero attached hydrogens (tertiary/aromatic N) is 2. The molecule has 0 unspecified atom stereocenters. The molecule has 1 amide bonds. The van der Waals surface area contributed by atoms with Crippen molar-refractivity contribution in [2.45, 2.75) is 6.92 Å². The molecule has 0 fully saturated rings. The van der Waals surface area contributed by atoms with E-state index in [2.05, 4.69) is 10.5 Å². The van der Waals surface area contributed by atoms with Crippen LogP contribution in [-0.2, 0) is 9.63 Å². The lowest BCUT2D eigenvalue weighted by molar-refractivity contribution is -0.120. The van der Waals surface area contributed by atoms with Gasteiger partial charge >= 0.3 is 0 Å². The van der Waals surface area contributed by atoms with Crippen LogP contribution in [0.15, 0.2) is 47.6 Å². The van der Waals surface area contributed by atoms with Crippen molar-refractivity contribution in [2.75, 3.05) is 30.9 Å². The van der Waals surface area contributed by atoms with E-state index in [1.54, 1.807) is 18.3 Å². The maximum absolute atomic E-state index is 11.8. The summed E-state index contributed by atoms with van der Waals surface area (Å²) in [6.07, 6.45) is 1.56. The normalized spacial score (nSPS) is 10.7. The number of amides is 1. The molecule has 24 heavy (non-hydrogen) atoms. The minimum atomic E-state index is -0.296. The fraction of sp³-hybridized carbons (Fsp3) is 0.222. The summed E-state index contributed by atoms with van der Waals surface area (Å²) >= 11 is 6.01. The van der Waals surface area contributed by atoms with Gasteiger partial charge in [-0.25, -0.2) is 0 Å². The van der Waals surface area contributed by atoms with Crippen LogP contribution < -0.4 is 10.2 Å². The molecule has 2 rings (SSSR count). The molecule has 0 radical (unpaired) electrons. The lowest BCUT2D eigenvalue weighted by Gasteiger charge is -2.11. The SMILES string of the molecule is Cc1ccc(NC(=O)CO/N=C/c2ccc(N(C)C)cc2)cc1Cl. The van der Waals surface area contributed by atoms with E-state index >= 15 is 0 Å². The zero-order chi connectivity index (χ0) is 17.5. The van der Waals surface area contributed by atoms with Gasteiger partial charge in [0.25, 0.3) is 5.91 Å². The number of oxime groups is 1. The average molecular weight is 346 g/mol. The van der Waals surface area contributed by atoms with Crippen molar-refractivity contribution in [3.05, 3.63) is 58.6 Å². The number of halogens is 1. The molecule has 6 heteroatoms. The van der Waals surface area contributed by atoms with Crippen molar-refractivity contribution in [3.8, 4) is 0 Å². The smallest absolute Gasteiger partial charge is 0.265 e. The summed E-state index contributed by atoms with van der Waals surface area (Å²) in [6.45, 7) is 1.73. The van der Waals surface area contributed by atoms with Crippen molar-refractivity contribution < 1.29 is 9.63 Å². The summed E-state index contributed by atoms with van der Waals surface area (Å²) in [5.41, 5.74) is 3.58. The predicted octanol–water partition coefficient (Wildman–Crippen LogP) is 3.70. The second-order valence-corrected chi connectivity index (χ2v) is 5.91. The molecule has 0 aliphatic carbocycles. The molecule has 0 aliphatic rings. The number of benzene rings is 2. The van der Waals surface area contributed by atoms with Gasteiger partial charge in [-0.05, 0) is 42.3 Å². The number of hydrogen-bond donors (Lipinski definition) is 1. The Morgan fingerprint density at radius 2 is 1.96 bits per heavy atom. The largest absolute Gasteiger partial charge is 0.386 e. The van der Waals surface area contributed by atoms with Gasteiger partial charge in [0.1, 0.15) is 0 Å². The summed E-state index contributed by atoms with van der Waals surface area (Å²) in [7, 11) is 3.96. The van der Waals surface area contributed by atoms with Gasteiger partial charge in [-0.3, -0.25) is 4.79 Å². The predicted molar refractivity (Wildman–Crippen MR) is 99.1 cm³/mol. The quantitative estimate of drug-likeness (QED) is 0.641. The molecule has 2 aromatic carbocycles. The number of nitrogens with one attached hydrogen (secondary N) is 1. The molecule has 0 saturated carbocycles. The maximum atomic E-state index is 11.8. The molecule has 2 aromatic rings. The summed E-state index contributed by atoms with van der Waals surface area (Å²) in [6, 6.07) is 13.1. The standard InChI is InChI=1S/C18H20ClN3O2/c1-13-4-7-15(10-17(13)19)21-18(23)12-24-20-11-14-5-8-16(9-6-14)22(2)3/h4-11H,12H2,1-3H3,(H,21,23)/b20-11+. The van der Waals surface area contributed by atoms with Crippen LogP contribution in [0.25, 0.3) is 0 Å². The third-order valence-corrected chi connectivity index (χ3v) is 3.74. The van der Waals surface area contributed by atoms with Crippen molar-refractivity contribution in [1.82, 2.24) is 0 Å². The van der Waals surface area contributed by atoms with E-state index in [0.717, 1.165) is 16.8 Å². The molecule has 0 heterocycles. The van der Waals surface area contributed by atoms with Crippen LogP contribution in [0.2, 0.25) is 5.02 Å². The monoisotopic (exact) mass is 345 g/mol. The minimum absolute atomic E-state index is 0.169. The van der Waals surface area contributed by atoms with Gasteiger partial charge in [0.2, 0.25) is 0 Å². The molecule has 126 valence electrons. The first kappa shape index (κ1) is 17.8. The second-order valence-electron chi connectivity index (χ2n) is 5.51. The van der Waals surface area contributed by atoms with Crippen molar-refractivity contribution in [1.29, 1.82) is 0 Å². The second kappa shape index (κ2) is 8.36. The topological polar surface area (TPSA) is 53.9 Å². The van der Waals surface area contributed by atoms with E-state index in [1.165, 1.54) is 0 Å². The number of carbonyl (C=O) groups excluding carboxylic acids is 1. The van der Waals surface area contributed by atoms with E-state index in [0.29, 0.717) is 10.7 Å². The first-order valence-electron chi connectivity index (χ1n) is 7.44. The van der Waals surface area contributed by atoms with E-state index in [4.69, 9.17) is 16.4 Å². The van der Waals surface area contributed by atoms with Gasteiger partial charge < -0.3 is 15.1 Å². The highest BCUT2D eigenvalue weighted by molar-refractivity contribution is 6.31. The molecule has 0 aromatic heterocycles. The molecule has 0 spiro atoms. The van der Waals surface area contributed by atoms with Gasteiger partial charge in [0, 0.05) is 30.5 Å². The lowest BCUT2D eigenvalue weighted by atomic mass is 10.2. The van der Waals surface area contributed by atoms with Crippen LogP contribution in [-0.4, -0.2) is 32.8 Å². The van der Waals surface area contributed by atoms with Crippen molar-refractivity contribution in [2.24, 2.45) is 5.16 Å². The Hall–Kier alpha value is -2.53. The van der Waals surface area contributed by atoms with Gasteiger partial charge in [0.05, 0.1) is 6.21 Å². The number of carbonyl (C=O) groups is 1. The summed E-state index contributed by atoms with van der Waals surface area (Å²) in [4.78, 5) is 18.8. The van der Waals surface area contributed by atoms with Gasteiger partial charge in [-0.1, -0.05) is 35.0 Å². The Labute approximate surface area is 146 Å². The highest BCUT2D eigenvalue weighted by Crippen LogP contribution is 2.19. The van der Waals surface area contributed by atoms with Crippen molar-refractivity contribution in [3.63, 3.8) is 0 Å². The summed E-state index contributed by atoms with van der Waals surface area (Å²) < 4.78 is 0. The van der Waals surface area contributed by atoms with E-state index in [-0.39, 0.29) is 12.5 Å².